The van der Waals surface area contributed by atoms with Crippen LogP contribution in [-0.4, -0.2) is 60.8 Å². The Morgan fingerprint density at radius 1 is 1.15 bits per heavy atom. The lowest BCUT2D eigenvalue weighted by Crippen LogP contribution is -2.52. The van der Waals surface area contributed by atoms with Crippen molar-refractivity contribution in [2.24, 2.45) is 0 Å². The lowest BCUT2D eigenvalue weighted by molar-refractivity contribution is 0.0167. The van der Waals surface area contributed by atoms with E-state index >= 15 is 0 Å². The third-order valence-corrected chi connectivity index (χ3v) is 4.63. The van der Waals surface area contributed by atoms with Gasteiger partial charge in [0, 0.05) is 37.3 Å². The highest BCUT2D eigenvalue weighted by atomic mass is 35.5. The summed E-state index contributed by atoms with van der Waals surface area (Å²) in [6.07, 6.45) is -0.255. The van der Waals surface area contributed by atoms with E-state index in [4.69, 9.17) is 21.1 Å². The Labute approximate surface area is 159 Å². The van der Waals surface area contributed by atoms with Gasteiger partial charge in [0.15, 0.2) is 0 Å². The van der Waals surface area contributed by atoms with Crippen molar-refractivity contribution in [1.29, 1.82) is 0 Å². The Morgan fingerprint density at radius 2 is 1.81 bits per heavy atom. The molecule has 0 atom stereocenters. The second-order valence-electron chi connectivity index (χ2n) is 7.48. The molecule has 2 aliphatic rings. The number of hydrogen-bond donors (Lipinski definition) is 0. The number of hydrogen-bond acceptors (Lipinski definition) is 5. The number of carbonyl (C=O) groups excluding carboxylic acids is 1. The Morgan fingerprint density at radius 3 is 2.46 bits per heavy atom. The van der Waals surface area contributed by atoms with Crippen LogP contribution in [-0.2, 0) is 4.74 Å². The minimum Gasteiger partial charge on any atom is -0.489 e. The Kier molecular flexibility index (Phi) is 5.23. The van der Waals surface area contributed by atoms with Crippen LogP contribution in [0.3, 0.4) is 0 Å². The van der Waals surface area contributed by atoms with E-state index in [2.05, 4.69) is 16.4 Å². The van der Waals surface area contributed by atoms with Crippen LogP contribution in [0.5, 0.6) is 5.75 Å². The van der Waals surface area contributed by atoms with Crippen LogP contribution in [0.4, 0.5) is 10.5 Å². The number of fused-ring (bicyclic) bond motifs is 1. The van der Waals surface area contributed by atoms with E-state index in [1.54, 1.807) is 4.90 Å². The van der Waals surface area contributed by atoms with Gasteiger partial charge in [-0.2, -0.15) is 0 Å². The normalized spacial score (nSPS) is 17.5. The quantitative estimate of drug-likeness (QED) is 0.786. The van der Waals surface area contributed by atoms with Crippen molar-refractivity contribution in [2.45, 2.75) is 26.4 Å². The maximum atomic E-state index is 12.2. The highest BCUT2D eigenvalue weighted by Gasteiger charge is 2.29. The number of anilines is 1. The third-order valence-electron chi connectivity index (χ3n) is 4.39. The van der Waals surface area contributed by atoms with Crippen molar-refractivity contribution in [2.75, 3.05) is 44.2 Å². The highest BCUT2D eigenvalue weighted by Crippen LogP contribution is 2.36. The topological polar surface area (TPSA) is 45.2 Å². The molecule has 0 saturated carbocycles. The molecule has 2 aliphatic heterocycles. The Hall–Kier alpha value is -2.08. The molecule has 0 aliphatic carbocycles. The molecule has 142 valence electrons. The molecule has 1 amide bonds. The summed E-state index contributed by atoms with van der Waals surface area (Å²) in [4.78, 5) is 18.3. The van der Waals surface area contributed by atoms with Gasteiger partial charge < -0.3 is 24.2 Å². The van der Waals surface area contributed by atoms with Gasteiger partial charge in [0.2, 0.25) is 0 Å². The van der Waals surface area contributed by atoms with E-state index in [0.717, 1.165) is 36.9 Å². The molecule has 2 heterocycles. The lowest BCUT2D eigenvalue weighted by atomic mass is 10.2. The summed E-state index contributed by atoms with van der Waals surface area (Å²) in [7, 11) is 0. The van der Waals surface area contributed by atoms with Crippen molar-refractivity contribution < 1.29 is 14.3 Å². The molecule has 7 heteroatoms. The first-order valence-corrected chi connectivity index (χ1v) is 9.24. The van der Waals surface area contributed by atoms with Crippen LogP contribution >= 0.6 is 11.6 Å². The first-order valence-electron chi connectivity index (χ1n) is 8.86. The van der Waals surface area contributed by atoms with Crippen molar-refractivity contribution in [1.82, 2.24) is 9.80 Å². The summed E-state index contributed by atoms with van der Waals surface area (Å²) in [6, 6.07) is 5.64. The van der Waals surface area contributed by atoms with Gasteiger partial charge in [-0.3, -0.25) is 0 Å². The smallest absolute Gasteiger partial charge is 0.410 e. The maximum absolute atomic E-state index is 12.2. The number of halogens is 1. The van der Waals surface area contributed by atoms with E-state index in [9.17, 15) is 4.79 Å². The zero-order valence-corrected chi connectivity index (χ0v) is 16.4. The molecule has 0 radical (unpaired) electrons. The molecule has 1 fully saturated rings. The number of nitrogens with zero attached hydrogens (tertiary/aromatic N) is 3. The average molecular weight is 380 g/mol. The van der Waals surface area contributed by atoms with Gasteiger partial charge in [-0.25, -0.2) is 4.79 Å². The van der Waals surface area contributed by atoms with E-state index in [1.165, 1.54) is 0 Å². The minimum absolute atomic E-state index is 0.255. The van der Waals surface area contributed by atoms with Crippen LogP contribution in [0.1, 0.15) is 20.8 Å². The maximum Gasteiger partial charge on any atom is 0.410 e. The summed E-state index contributed by atoms with van der Waals surface area (Å²) in [6.45, 7) is 13.9. The Bertz CT molecular complexity index is 694. The van der Waals surface area contributed by atoms with Gasteiger partial charge in [0.25, 0.3) is 0 Å². The molecule has 26 heavy (non-hydrogen) atoms. The average Bonchev–Trinajstić information content (AvgIpc) is 2.59. The minimum atomic E-state index is -0.476. The van der Waals surface area contributed by atoms with Gasteiger partial charge in [0.05, 0.1) is 12.2 Å². The number of rotatable bonds is 2. The second-order valence-corrected chi connectivity index (χ2v) is 7.92. The highest BCUT2D eigenvalue weighted by molar-refractivity contribution is 6.30. The summed E-state index contributed by atoms with van der Waals surface area (Å²) < 4.78 is 11.2. The molecule has 0 aromatic heterocycles. The predicted octanol–water partition coefficient (Wildman–Crippen LogP) is 3.56. The van der Waals surface area contributed by atoms with Crippen molar-refractivity contribution in [3.63, 3.8) is 0 Å². The fourth-order valence-corrected chi connectivity index (χ4v) is 3.27. The lowest BCUT2D eigenvalue weighted by Gasteiger charge is -2.42. The number of carbonyl (C=O) groups is 1. The van der Waals surface area contributed by atoms with Crippen LogP contribution in [0.15, 0.2) is 30.6 Å². The van der Waals surface area contributed by atoms with Crippen molar-refractivity contribution >= 4 is 23.4 Å². The van der Waals surface area contributed by atoms with Gasteiger partial charge in [-0.1, -0.05) is 18.2 Å². The molecule has 1 aromatic rings. The number of amides is 1. The number of benzene rings is 1. The first-order chi connectivity index (χ1) is 12.2. The Balaban J connectivity index is 1.62. The molecule has 0 unspecified atom stereocenters. The predicted molar refractivity (Wildman–Crippen MR) is 103 cm³/mol. The summed E-state index contributed by atoms with van der Waals surface area (Å²) >= 11 is 6.06. The molecular formula is C19H26ClN3O3. The number of ether oxygens (including phenoxy) is 2. The third kappa shape index (κ3) is 4.18. The van der Waals surface area contributed by atoms with Crippen LogP contribution < -0.4 is 9.64 Å². The van der Waals surface area contributed by atoms with Gasteiger partial charge in [-0.05, 0) is 32.9 Å². The largest absolute Gasteiger partial charge is 0.489 e. The molecular weight excluding hydrogens is 354 g/mol. The molecule has 0 N–H and O–H groups in total. The molecule has 6 nitrogen and oxygen atoms in total. The van der Waals surface area contributed by atoms with E-state index < -0.39 is 5.60 Å². The van der Waals surface area contributed by atoms with Crippen molar-refractivity contribution in [3.8, 4) is 5.75 Å². The fraction of sp³-hybridized carbons (Fsp3) is 0.526. The molecule has 0 bridgehead atoms. The van der Waals surface area contributed by atoms with Gasteiger partial charge in [-0.15, -0.1) is 0 Å². The van der Waals surface area contributed by atoms with Crippen molar-refractivity contribution in [3.05, 3.63) is 35.6 Å². The summed E-state index contributed by atoms with van der Waals surface area (Å²) in [5.41, 5.74) is 0.497. The summed E-state index contributed by atoms with van der Waals surface area (Å²) in [5.74, 6) is 1.69. The molecule has 1 aromatic carbocycles. The van der Waals surface area contributed by atoms with E-state index in [-0.39, 0.29) is 6.09 Å². The first kappa shape index (κ1) is 18.7. The van der Waals surface area contributed by atoms with E-state index in [1.807, 2.05) is 39.0 Å². The molecule has 3 rings (SSSR count). The van der Waals surface area contributed by atoms with Crippen LogP contribution in [0.25, 0.3) is 0 Å². The molecule has 0 spiro atoms. The van der Waals surface area contributed by atoms with Crippen LogP contribution in [0, 0.1) is 0 Å². The second kappa shape index (κ2) is 7.27. The van der Waals surface area contributed by atoms with Crippen LogP contribution in [0.2, 0.25) is 5.02 Å². The monoisotopic (exact) mass is 379 g/mol. The summed E-state index contributed by atoms with van der Waals surface area (Å²) in [5, 5.41) is 0.655. The fourth-order valence-electron chi connectivity index (χ4n) is 3.11. The van der Waals surface area contributed by atoms with E-state index in [0.29, 0.717) is 24.7 Å². The SMILES string of the molecule is C=C(N1CCN(C(=O)OC(C)(C)C)CC1)N1CCOc2cc(Cl)ccc21. The zero-order chi connectivity index (χ0) is 18.9. The van der Waals surface area contributed by atoms with Gasteiger partial charge in [0.1, 0.15) is 23.8 Å². The number of piperazine rings is 1. The van der Waals surface area contributed by atoms with Gasteiger partial charge >= 0.3 is 6.09 Å². The standard InChI is InChI=1S/C19H26ClN3O3/c1-14(23-11-12-25-17-13-15(20)5-6-16(17)23)21-7-9-22(10-8-21)18(24)26-19(2,3)4/h5-6,13H,1,7-12H2,2-4H3. The zero-order valence-electron chi connectivity index (χ0n) is 15.6. The molecule has 1 saturated heterocycles.